The Morgan fingerprint density at radius 2 is 1.97 bits per heavy atom. The summed E-state index contributed by atoms with van der Waals surface area (Å²) in [5.74, 6) is -2.66. The highest BCUT2D eigenvalue weighted by molar-refractivity contribution is 5.94. The molecule has 8 nitrogen and oxygen atoms in total. The number of halogens is 4. The van der Waals surface area contributed by atoms with Gasteiger partial charge in [0.15, 0.2) is 17.5 Å². The molecule has 2 aromatic rings. The molecule has 0 aromatic carbocycles. The lowest BCUT2D eigenvalue weighted by Crippen LogP contribution is -2.46. The van der Waals surface area contributed by atoms with E-state index in [1.54, 1.807) is 30.1 Å². The van der Waals surface area contributed by atoms with Crippen molar-refractivity contribution in [2.24, 2.45) is 5.92 Å². The van der Waals surface area contributed by atoms with Gasteiger partial charge in [-0.1, -0.05) is 13.8 Å². The number of likely N-dealkylation sites (tertiary alicyclic amines) is 1. The van der Waals surface area contributed by atoms with E-state index in [0.717, 1.165) is 19.0 Å². The SMILES string of the molecule is CC(C)[C@@H](Nc1nc(-c2c[nH]c(C(=O)N3CCCC3)c2)ncc1F)C(=O)NCC(F)(F)F.[HH].[HH].[HH]. The molecule has 0 bridgehead atoms. The summed E-state index contributed by atoms with van der Waals surface area (Å²) in [7, 11) is 0. The zero-order chi connectivity index (χ0) is 23.5. The number of nitrogens with one attached hydrogen (secondary N) is 3. The fourth-order valence-corrected chi connectivity index (χ4v) is 3.32. The summed E-state index contributed by atoms with van der Waals surface area (Å²) >= 11 is 0. The van der Waals surface area contributed by atoms with Gasteiger partial charge in [0.1, 0.15) is 18.3 Å². The van der Waals surface area contributed by atoms with Crippen LogP contribution in [-0.2, 0) is 4.79 Å². The molecule has 0 spiro atoms. The predicted octanol–water partition coefficient (Wildman–Crippen LogP) is 3.70. The summed E-state index contributed by atoms with van der Waals surface area (Å²) in [6, 6.07) is 0.390. The lowest BCUT2D eigenvalue weighted by molar-refractivity contribution is -0.139. The summed E-state index contributed by atoms with van der Waals surface area (Å²) < 4.78 is 51.6. The van der Waals surface area contributed by atoms with Crippen LogP contribution in [-0.4, -0.2) is 63.5 Å². The van der Waals surface area contributed by atoms with Crippen molar-refractivity contribution in [3.63, 3.8) is 0 Å². The number of H-pyrrole nitrogens is 1. The van der Waals surface area contributed by atoms with E-state index in [1.165, 1.54) is 6.20 Å². The Labute approximate surface area is 186 Å². The van der Waals surface area contributed by atoms with Gasteiger partial charge in [-0.3, -0.25) is 9.59 Å². The molecule has 3 N–H and O–H groups in total. The minimum atomic E-state index is -4.57. The average molecular weight is 462 g/mol. The van der Waals surface area contributed by atoms with Gasteiger partial charge in [0.05, 0.1) is 6.20 Å². The summed E-state index contributed by atoms with van der Waals surface area (Å²) in [5, 5.41) is 4.37. The second kappa shape index (κ2) is 9.53. The highest BCUT2D eigenvalue weighted by atomic mass is 19.4. The smallest absolute Gasteiger partial charge is 0.356 e. The summed E-state index contributed by atoms with van der Waals surface area (Å²) in [6.07, 6.45) is -0.268. The molecule has 1 fully saturated rings. The van der Waals surface area contributed by atoms with Crippen molar-refractivity contribution < 1.29 is 31.4 Å². The van der Waals surface area contributed by atoms with Gasteiger partial charge in [0.2, 0.25) is 5.91 Å². The summed E-state index contributed by atoms with van der Waals surface area (Å²) in [5.41, 5.74) is 0.772. The number of rotatable bonds is 7. The fraction of sp³-hybridized carbons (Fsp3) is 0.500. The lowest BCUT2D eigenvalue weighted by atomic mass is 10.0. The van der Waals surface area contributed by atoms with Crippen LogP contribution in [0.25, 0.3) is 11.4 Å². The van der Waals surface area contributed by atoms with E-state index >= 15 is 0 Å². The number of hydrogen-bond donors (Lipinski definition) is 3. The molecule has 3 heterocycles. The first kappa shape index (κ1) is 23.5. The van der Waals surface area contributed by atoms with Gasteiger partial charge in [0.25, 0.3) is 5.91 Å². The van der Waals surface area contributed by atoms with E-state index in [1.807, 2.05) is 0 Å². The number of alkyl halides is 3. The molecule has 0 aliphatic carbocycles. The van der Waals surface area contributed by atoms with Gasteiger partial charge in [-0.25, -0.2) is 14.4 Å². The lowest BCUT2D eigenvalue weighted by Gasteiger charge is -2.23. The third-order valence-electron chi connectivity index (χ3n) is 5.01. The first-order valence-electron chi connectivity index (χ1n) is 10.2. The van der Waals surface area contributed by atoms with Gasteiger partial charge in [-0.15, -0.1) is 0 Å². The van der Waals surface area contributed by atoms with Gasteiger partial charge < -0.3 is 20.5 Å². The quantitative estimate of drug-likeness (QED) is 0.545. The second-order valence-electron chi connectivity index (χ2n) is 7.89. The Bertz CT molecular complexity index is 984. The molecule has 3 rings (SSSR count). The van der Waals surface area contributed by atoms with E-state index in [0.29, 0.717) is 24.3 Å². The third kappa shape index (κ3) is 5.74. The molecule has 2 aromatic heterocycles. The molecule has 1 saturated heterocycles. The van der Waals surface area contributed by atoms with Gasteiger partial charge in [0, 0.05) is 29.1 Å². The molecule has 12 heteroatoms. The van der Waals surface area contributed by atoms with E-state index < -0.39 is 36.4 Å². The molecule has 0 saturated carbocycles. The Balaban J connectivity index is 0.00000385. The Morgan fingerprint density at radius 3 is 2.59 bits per heavy atom. The number of carbonyl (C=O) groups excluding carboxylic acids is 2. The Kier molecular flexibility index (Phi) is 6.99. The highest BCUT2D eigenvalue weighted by Crippen LogP contribution is 2.22. The van der Waals surface area contributed by atoms with Crippen molar-refractivity contribution in [1.82, 2.24) is 25.2 Å². The fourth-order valence-electron chi connectivity index (χ4n) is 3.32. The molecule has 1 atom stereocenters. The standard InChI is InChI=1S/C20H24F4N6O2.3H2/c1-11(2)15(18(31)27-10-20(22,23)24)28-17-13(21)9-26-16(29-17)12-7-14(25-8-12)19(32)30-5-3-4-6-30;;;/h7-9,11,15,25H,3-6,10H2,1-2H3,(H,27,31)(H,26,28,29);3*1H/t15-;;;/m1.../s1. The van der Waals surface area contributed by atoms with Crippen LogP contribution < -0.4 is 10.6 Å². The third-order valence-corrected chi connectivity index (χ3v) is 5.01. The molecule has 2 amide bonds. The minimum Gasteiger partial charge on any atom is -0.356 e. The van der Waals surface area contributed by atoms with E-state index in [2.05, 4.69) is 20.3 Å². The normalized spacial score (nSPS) is 15.2. The molecule has 0 radical (unpaired) electrons. The first-order valence-corrected chi connectivity index (χ1v) is 10.2. The van der Waals surface area contributed by atoms with Gasteiger partial charge >= 0.3 is 6.18 Å². The largest absolute Gasteiger partial charge is 0.405 e. The van der Waals surface area contributed by atoms with E-state index in [9.17, 15) is 27.2 Å². The maximum Gasteiger partial charge on any atom is 0.405 e. The molecular formula is C20H30F4N6O2. The number of amides is 2. The monoisotopic (exact) mass is 462 g/mol. The van der Waals surface area contributed by atoms with Crippen LogP contribution in [0.1, 0.15) is 41.5 Å². The maximum atomic E-state index is 14.3. The van der Waals surface area contributed by atoms with E-state index in [-0.39, 0.29) is 21.8 Å². The molecule has 32 heavy (non-hydrogen) atoms. The number of hydrogen-bond acceptors (Lipinski definition) is 5. The van der Waals surface area contributed by atoms with Crippen molar-refractivity contribution in [3.8, 4) is 11.4 Å². The maximum absolute atomic E-state index is 14.3. The predicted molar refractivity (Wildman–Crippen MR) is 115 cm³/mol. The highest BCUT2D eigenvalue weighted by Gasteiger charge is 2.31. The van der Waals surface area contributed by atoms with Gasteiger partial charge in [-0.05, 0) is 24.8 Å². The van der Waals surface area contributed by atoms with Crippen molar-refractivity contribution in [3.05, 3.63) is 30.0 Å². The summed E-state index contributed by atoms with van der Waals surface area (Å²) in [6.45, 7) is 3.08. The minimum absolute atomic E-state index is 0. The number of nitrogens with zero attached hydrogens (tertiary/aromatic N) is 3. The van der Waals surface area contributed by atoms with Crippen LogP contribution in [0.15, 0.2) is 18.5 Å². The van der Waals surface area contributed by atoms with Crippen LogP contribution >= 0.6 is 0 Å². The van der Waals surface area contributed by atoms with Crippen LogP contribution in [0.4, 0.5) is 23.4 Å². The van der Waals surface area contributed by atoms with Crippen molar-refractivity contribution in [1.29, 1.82) is 0 Å². The van der Waals surface area contributed by atoms with Crippen LogP contribution in [0.2, 0.25) is 0 Å². The number of anilines is 1. The Hall–Kier alpha value is -3.18. The van der Waals surface area contributed by atoms with Crippen molar-refractivity contribution >= 4 is 17.6 Å². The zero-order valence-electron chi connectivity index (χ0n) is 17.6. The number of aromatic nitrogens is 3. The Morgan fingerprint density at radius 1 is 1.28 bits per heavy atom. The molecular weight excluding hydrogens is 432 g/mol. The molecule has 180 valence electrons. The van der Waals surface area contributed by atoms with Gasteiger partial charge in [-0.2, -0.15) is 13.2 Å². The van der Waals surface area contributed by atoms with Crippen LogP contribution in [0.5, 0.6) is 0 Å². The van der Waals surface area contributed by atoms with Crippen molar-refractivity contribution in [2.45, 2.75) is 38.9 Å². The summed E-state index contributed by atoms with van der Waals surface area (Å²) in [4.78, 5) is 37.3. The second-order valence-corrected chi connectivity index (χ2v) is 7.89. The van der Waals surface area contributed by atoms with Crippen molar-refractivity contribution in [2.75, 3.05) is 25.0 Å². The van der Waals surface area contributed by atoms with E-state index in [4.69, 9.17) is 0 Å². The number of aromatic amines is 1. The average Bonchev–Trinajstić information content (AvgIpc) is 3.42. The molecule has 1 aliphatic rings. The molecule has 0 unspecified atom stereocenters. The zero-order valence-corrected chi connectivity index (χ0v) is 17.6. The molecule has 1 aliphatic heterocycles. The topological polar surface area (TPSA) is 103 Å². The number of carbonyl (C=O) groups is 2. The van der Waals surface area contributed by atoms with Crippen LogP contribution in [0.3, 0.4) is 0 Å². The first-order chi connectivity index (χ1) is 15.0. The van der Waals surface area contributed by atoms with Crippen LogP contribution in [0, 0.1) is 11.7 Å².